The lowest BCUT2D eigenvalue weighted by atomic mass is 10.2. The number of aryl methyl sites for hydroxylation is 1. The number of fused-ring (bicyclic) bond motifs is 2. The summed E-state index contributed by atoms with van der Waals surface area (Å²) in [5.41, 5.74) is 3.96. The van der Waals surface area contributed by atoms with Gasteiger partial charge in [-0.1, -0.05) is 6.07 Å². The summed E-state index contributed by atoms with van der Waals surface area (Å²) in [6, 6.07) is 7.88. The van der Waals surface area contributed by atoms with Crippen LogP contribution in [0.3, 0.4) is 0 Å². The lowest BCUT2D eigenvalue weighted by Gasteiger charge is -2.22. The molecule has 3 aromatic heterocycles. The molecule has 6 heteroatoms. The molecule has 0 aromatic carbocycles. The van der Waals surface area contributed by atoms with Crippen molar-refractivity contribution in [2.24, 2.45) is 0 Å². The van der Waals surface area contributed by atoms with Crippen molar-refractivity contribution in [3.63, 3.8) is 0 Å². The number of pyridine rings is 1. The monoisotopic (exact) mass is 309 g/mol. The third-order valence-electron chi connectivity index (χ3n) is 4.34. The van der Waals surface area contributed by atoms with Crippen molar-refractivity contribution >= 4 is 17.2 Å². The maximum atomic E-state index is 12.5. The third-order valence-corrected chi connectivity index (χ3v) is 4.34. The Balaban J connectivity index is 1.58. The summed E-state index contributed by atoms with van der Waals surface area (Å²) in [6.45, 7) is 4.73. The molecule has 4 heterocycles. The van der Waals surface area contributed by atoms with Crippen LogP contribution in [0.4, 0.5) is 5.82 Å². The molecule has 3 aromatic rings. The maximum absolute atomic E-state index is 12.5. The normalized spacial score (nSPS) is 14.9. The Bertz CT molecular complexity index is 892. The van der Waals surface area contributed by atoms with Crippen LogP contribution in [0.15, 0.2) is 36.7 Å². The van der Waals surface area contributed by atoms with Crippen LogP contribution in [-0.2, 0) is 13.1 Å². The molecule has 4 rings (SSSR count). The molecular weight excluding hydrogens is 290 g/mol. The molecule has 1 aliphatic rings. The minimum absolute atomic E-state index is 0.128. The Morgan fingerprint density at radius 3 is 3.00 bits per heavy atom. The first-order valence-corrected chi connectivity index (χ1v) is 7.74. The van der Waals surface area contributed by atoms with Crippen LogP contribution < -0.4 is 5.32 Å². The number of hydrogen-bond acceptors (Lipinski definition) is 3. The molecule has 1 amide bonds. The number of likely N-dealkylation sites (N-methyl/N-ethyl adjacent to an activating group) is 1. The molecule has 1 N–H and O–H groups in total. The van der Waals surface area contributed by atoms with Gasteiger partial charge in [-0.25, -0.2) is 0 Å². The Morgan fingerprint density at radius 1 is 1.30 bits per heavy atom. The second kappa shape index (κ2) is 5.24. The van der Waals surface area contributed by atoms with E-state index >= 15 is 0 Å². The van der Waals surface area contributed by atoms with E-state index < -0.39 is 0 Å². The second-order valence-corrected chi connectivity index (χ2v) is 6.15. The first kappa shape index (κ1) is 14.0. The first-order valence-electron chi connectivity index (χ1n) is 7.74. The summed E-state index contributed by atoms with van der Waals surface area (Å²) >= 11 is 0. The van der Waals surface area contributed by atoms with E-state index in [1.807, 2.05) is 52.7 Å². The number of nitrogens with one attached hydrogen (secondary N) is 1. The number of aromatic nitrogens is 3. The van der Waals surface area contributed by atoms with Gasteiger partial charge in [-0.05, 0) is 31.7 Å². The Labute approximate surface area is 134 Å². The molecule has 0 bridgehead atoms. The van der Waals surface area contributed by atoms with Gasteiger partial charge >= 0.3 is 0 Å². The fourth-order valence-corrected chi connectivity index (χ4v) is 3.06. The third kappa shape index (κ3) is 2.51. The number of amides is 1. The summed E-state index contributed by atoms with van der Waals surface area (Å²) in [6.07, 6.45) is 3.80. The van der Waals surface area contributed by atoms with Crippen LogP contribution in [0.25, 0.3) is 5.52 Å². The molecular formula is C17H19N5O. The molecule has 118 valence electrons. The summed E-state index contributed by atoms with van der Waals surface area (Å²) in [5, 5.41) is 7.38. The van der Waals surface area contributed by atoms with Gasteiger partial charge < -0.3 is 9.72 Å². The second-order valence-electron chi connectivity index (χ2n) is 6.15. The van der Waals surface area contributed by atoms with Crippen LogP contribution in [0.2, 0.25) is 0 Å². The van der Waals surface area contributed by atoms with Crippen molar-refractivity contribution in [3.8, 4) is 0 Å². The zero-order valence-corrected chi connectivity index (χ0v) is 13.3. The van der Waals surface area contributed by atoms with E-state index in [2.05, 4.69) is 22.4 Å². The average molecular weight is 309 g/mol. The largest absolute Gasteiger partial charge is 0.323 e. The van der Waals surface area contributed by atoms with Gasteiger partial charge in [0.15, 0.2) is 5.82 Å². The van der Waals surface area contributed by atoms with Crippen LogP contribution in [0.5, 0.6) is 0 Å². The Morgan fingerprint density at radius 2 is 2.17 bits per heavy atom. The zero-order valence-electron chi connectivity index (χ0n) is 13.3. The minimum Gasteiger partial charge on any atom is -0.323 e. The Kier molecular flexibility index (Phi) is 3.20. The molecule has 0 saturated heterocycles. The highest BCUT2D eigenvalue weighted by molar-refractivity contribution is 6.04. The van der Waals surface area contributed by atoms with Gasteiger partial charge in [0.05, 0.1) is 17.8 Å². The number of hydrogen-bond donors (Lipinski definition) is 1. The van der Waals surface area contributed by atoms with E-state index in [1.165, 1.54) is 0 Å². The molecule has 0 unspecified atom stereocenters. The first-order chi connectivity index (χ1) is 11.1. The SMILES string of the molecule is Cc1cccn2cc(C(=O)Nc3cc4n(n3)CCN(C)C4)cc12. The molecule has 23 heavy (non-hydrogen) atoms. The zero-order chi connectivity index (χ0) is 16.0. The topological polar surface area (TPSA) is 54.6 Å². The van der Waals surface area contributed by atoms with Crippen molar-refractivity contribution in [3.05, 3.63) is 53.5 Å². The van der Waals surface area contributed by atoms with Gasteiger partial charge in [-0.3, -0.25) is 14.4 Å². The van der Waals surface area contributed by atoms with Crippen molar-refractivity contribution in [2.75, 3.05) is 18.9 Å². The van der Waals surface area contributed by atoms with E-state index in [9.17, 15) is 4.79 Å². The van der Waals surface area contributed by atoms with E-state index in [4.69, 9.17) is 0 Å². The summed E-state index contributed by atoms with van der Waals surface area (Å²) in [5.74, 6) is 0.490. The summed E-state index contributed by atoms with van der Waals surface area (Å²) in [4.78, 5) is 14.7. The number of carbonyl (C=O) groups excluding carboxylic acids is 1. The molecule has 0 aliphatic carbocycles. The van der Waals surface area contributed by atoms with Gasteiger partial charge in [0, 0.05) is 37.1 Å². The van der Waals surface area contributed by atoms with Crippen LogP contribution in [-0.4, -0.2) is 38.6 Å². The molecule has 0 atom stereocenters. The number of rotatable bonds is 2. The van der Waals surface area contributed by atoms with Gasteiger partial charge in [-0.15, -0.1) is 0 Å². The summed E-state index contributed by atoms with van der Waals surface area (Å²) in [7, 11) is 2.09. The van der Waals surface area contributed by atoms with E-state index in [0.29, 0.717) is 11.4 Å². The van der Waals surface area contributed by atoms with Gasteiger partial charge in [-0.2, -0.15) is 5.10 Å². The molecule has 0 fully saturated rings. The van der Waals surface area contributed by atoms with Crippen LogP contribution in [0.1, 0.15) is 21.6 Å². The van der Waals surface area contributed by atoms with Gasteiger partial charge in [0.25, 0.3) is 5.91 Å². The van der Waals surface area contributed by atoms with Crippen molar-refractivity contribution in [1.29, 1.82) is 0 Å². The number of anilines is 1. The quantitative estimate of drug-likeness (QED) is 0.789. The van der Waals surface area contributed by atoms with E-state index in [-0.39, 0.29) is 5.91 Å². The highest BCUT2D eigenvalue weighted by Gasteiger charge is 2.17. The van der Waals surface area contributed by atoms with Crippen LogP contribution in [0, 0.1) is 6.92 Å². The highest BCUT2D eigenvalue weighted by atomic mass is 16.1. The predicted molar refractivity (Wildman–Crippen MR) is 88.6 cm³/mol. The molecule has 1 aliphatic heterocycles. The van der Waals surface area contributed by atoms with Crippen molar-refractivity contribution in [1.82, 2.24) is 19.1 Å². The van der Waals surface area contributed by atoms with E-state index in [0.717, 1.165) is 36.4 Å². The number of nitrogens with zero attached hydrogens (tertiary/aromatic N) is 4. The lowest BCUT2D eigenvalue weighted by Crippen LogP contribution is -2.30. The summed E-state index contributed by atoms with van der Waals surface area (Å²) < 4.78 is 3.94. The molecule has 0 radical (unpaired) electrons. The maximum Gasteiger partial charge on any atom is 0.258 e. The standard InChI is InChI=1S/C17H19N5O/c1-12-4-3-5-21-10-13(8-15(12)21)17(23)18-16-9-14-11-20(2)6-7-22(14)19-16/h3-5,8-10H,6-7,11H2,1-2H3,(H,18,19,23). The van der Waals surface area contributed by atoms with Crippen LogP contribution >= 0.6 is 0 Å². The van der Waals surface area contributed by atoms with Gasteiger partial charge in [0.1, 0.15) is 0 Å². The smallest absolute Gasteiger partial charge is 0.258 e. The van der Waals surface area contributed by atoms with E-state index in [1.54, 1.807) is 0 Å². The Hall–Kier alpha value is -2.60. The fraction of sp³-hybridized carbons (Fsp3) is 0.294. The predicted octanol–water partition coefficient (Wildman–Crippen LogP) is 2.14. The van der Waals surface area contributed by atoms with Crippen molar-refractivity contribution < 1.29 is 4.79 Å². The molecule has 0 spiro atoms. The minimum atomic E-state index is -0.128. The number of carbonyl (C=O) groups is 1. The fourth-order valence-electron chi connectivity index (χ4n) is 3.06. The molecule has 6 nitrogen and oxygen atoms in total. The van der Waals surface area contributed by atoms with Gasteiger partial charge in [0.2, 0.25) is 0 Å². The lowest BCUT2D eigenvalue weighted by molar-refractivity contribution is 0.102. The van der Waals surface area contributed by atoms with Crippen molar-refractivity contribution in [2.45, 2.75) is 20.0 Å². The molecule has 0 saturated carbocycles. The average Bonchev–Trinajstić information content (AvgIpc) is 3.11. The highest BCUT2D eigenvalue weighted by Crippen LogP contribution is 2.18.